The molecule has 1 aromatic carbocycles. The maximum absolute atomic E-state index is 12.4. The number of hydrogen-bond donors (Lipinski definition) is 2. The average molecular weight is 353 g/mol. The standard InChI is InChI=1S/C21H27N3O2/c1-15-5-2-6-16(11-15)22-21(25)23-17-12-18-7-3-8-19(13-17)24(18)14-20-9-4-10-26-20/h2,4-6,9-11,17-19H,3,7-8,12-14H2,1H3,(H2,22,23,25)/t17?,18-,19+. The van der Waals surface area contributed by atoms with Crippen molar-refractivity contribution in [3.05, 3.63) is 54.0 Å². The van der Waals surface area contributed by atoms with Crippen molar-refractivity contribution in [1.82, 2.24) is 10.2 Å². The summed E-state index contributed by atoms with van der Waals surface area (Å²) in [6, 6.07) is 13.1. The van der Waals surface area contributed by atoms with Gasteiger partial charge in [0, 0.05) is 23.8 Å². The van der Waals surface area contributed by atoms with E-state index in [4.69, 9.17) is 4.42 Å². The largest absolute Gasteiger partial charge is 0.468 e. The highest BCUT2D eigenvalue weighted by Gasteiger charge is 2.38. The lowest BCUT2D eigenvalue weighted by Gasteiger charge is -2.48. The van der Waals surface area contributed by atoms with Crippen molar-refractivity contribution in [2.75, 3.05) is 5.32 Å². The molecule has 0 saturated carbocycles. The van der Waals surface area contributed by atoms with Crippen LogP contribution in [0, 0.1) is 6.92 Å². The summed E-state index contributed by atoms with van der Waals surface area (Å²) in [6.45, 7) is 2.91. The Kier molecular flexibility index (Phi) is 4.98. The first-order valence-electron chi connectivity index (χ1n) is 9.60. The fraction of sp³-hybridized carbons (Fsp3) is 0.476. The second-order valence-corrected chi connectivity index (χ2v) is 7.63. The van der Waals surface area contributed by atoms with E-state index in [-0.39, 0.29) is 12.1 Å². The second-order valence-electron chi connectivity index (χ2n) is 7.63. The van der Waals surface area contributed by atoms with Crippen LogP contribution in [0.25, 0.3) is 0 Å². The van der Waals surface area contributed by atoms with Crippen molar-refractivity contribution in [2.24, 2.45) is 0 Å². The molecule has 4 rings (SSSR count). The molecule has 2 fully saturated rings. The molecule has 5 nitrogen and oxygen atoms in total. The quantitative estimate of drug-likeness (QED) is 0.862. The van der Waals surface area contributed by atoms with Gasteiger partial charge in [0.15, 0.2) is 0 Å². The normalized spacial score (nSPS) is 25.7. The average Bonchev–Trinajstić information content (AvgIpc) is 3.08. The van der Waals surface area contributed by atoms with Gasteiger partial charge in [-0.1, -0.05) is 18.6 Å². The Hall–Kier alpha value is -2.27. The number of hydrogen-bond acceptors (Lipinski definition) is 3. The molecule has 0 spiro atoms. The van der Waals surface area contributed by atoms with Crippen LogP contribution in [-0.4, -0.2) is 29.1 Å². The summed E-state index contributed by atoms with van der Waals surface area (Å²) in [7, 11) is 0. The summed E-state index contributed by atoms with van der Waals surface area (Å²) in [5, 5.41) is 6.16. The Balaban J connectivity index is 1.35. The molecule has 3 atom stereocenters. The van der Waals surface area contributed by atoms with Crippen molar-refractivity contribution in [3.8, 4) is 0 Å². The third-order valence-corrected chi connectivity index (χ3v) is 5.66. The van der Waals surface area contributed by atoms with E-state index < -0.39 is 0 Å². The Bertz CT molecular complexity index is 729. The van der Waals surface area contributed by atoms with Crippen LogP contribution in [0.15, 0.2) is 47.1 Å². The second kappa shape index (κ2) is 7.54. The molecule has 0 radical (unpaired) electrons. The molecule has 1 unspecified atom stereocenters. The first kappa shape index (κ1) is 17.2. The number of amides is 2. The fourth-order valence-electron chi connectivity index (χ4n) is 4.51. The first-order chi connectivity index (χ1) is 12.7. The van der Waals surface area contributed by atoms with E-state index in [0.29, 0.717) is 12.1 Å². The molecule has 2 amide bonds. The third-order valence-electron chi connectivity index (χ3n) is 5.66. The summed E-state index contributed by atoms with van der Waals surface area (Å²) in [6.07, 6.45) is 7.46. The highest BCUT2D eigenvalue weighted by Crippen LogP contribution is 2.35. The van der Waals surface area contributed by atoms with Gasteiger partial charge in [0.2, 0.25) is 0 Å². The van der Waals surface area contributed by atoms with Crippen LogP contribution < -0.4 is 10.6 Å². The monoisotopic (exact) mass is 353 g/mol. The zero-order chi connectivity index (χ0) is 17.9. The number of rotatable bonds is 4. The zero-order valence-electron chi connectivity index (χ0n) is 15.3. The van der Waals surface area contributed by atoms with Gasteiger partial charge in [0.1, 0.15) is 5.76 Å². The maximum Gasteiger partial charge on any atom is 0.319 e. The van der Waals surface area contributed by atoms with Crippen LogP contribution in [0.3, 0.4) is 0 Å². The Morgan fingerprint density at radius 3 is 2.69 bits per heavy atom. The van der Waals surface area contributed by atoms with Gasteiger partial charge in [0.05, 0.1) is 12.8 Å². The number of fused-ring (bicyclic) bond motifs is 2. The number of furan rings is 1. The molecule has 2 saturated heterocycles. The van der Waals surface area contributed by atoms with Gasteiger partial charge in [-0.05, 0) is 62.4 Å². The highest BCUT2D eigenvalue weighted by atomic mass is 16.3. The van der Waals surface area contributed by atoms with Crippen molar-refractivity contribution in [1.29, 1.82) is 0 Å². The van der Waals surface area contributed by atoms with Gasteiger partial charge in [-0.25, -0.2) is 4.79 Å². The summed E-state index contributed by atoms with van der Waals surface area (Å²) in [5.41, 5.74) is 1.99. The van der Waals surface area contributed by atoms with Crippen LogP contribution in [-0.2, 0) is 6.54 Å². The molecule has 1 aromatic heterocycles. The molecular weight excluding hydrogens is 326 g/mol. The van der Waals surface area contributed by atoms with Crippen molar-refractivity contribution >= 4 is 11.7 Å². The lowest BCUT2D eigenvalue weighted by Crippen LogP contribution is -2.56. The van der Waals surface area contributed by atoms with E-state index in [0.717, 1.165) is 36.4 Å². The summed E-state index contributed by atoms with van der Waals surface area (Å²) in [4.78, 5) is 15.0. The van der Waals surface area contributed by atoms with Crippen LogP contribution in [0.1, 0.15) is 43.4 Å². The van der Waals surface area contributed by atoms with Crippen molar-refractivity contribution in [2.45, 2.75) is 63.7 Å². The molecule has 2 bridgehead atoms. The highest BCUT2D eigenvalue weighted by molar-refractivity contribution is 5.89. The lowest BCUT2D eigenvalue weighted by atomic mass is 9.81. The van der Waals surface area contributed by atoms with Crippen molar-refractivity contribution < 1.29 is 9.21 Å². The number of nitrogens with one attached hydrogen (secondary N) is 2. The molecule has 2 aliphatic heterocycles. The number of carbonyl (C=O) groups excluding carboxylic acids is 1. The van der Waals surface area contributed by atoms with E-state index in [1.807, 2.05) is 37.3 Å². The number of nitrogens with zero attached hydrogens (tertiary/aromatic N) is 1. The van der Waals surface area contributed by atoms with E-state index >= 15 is 0 Å². The zero-order valence-corrected chi connectivity index (χ0v) is 15.3. The number of piperidine rings is 2. The number of anilines is 1. The molecule has 0 aliphatic carbocycles. The van der Waals surface area contributed by atoms with Crippen LogP contribution in [0.4, 0.5) is 10.5 Å². The molecule has 2 aromatic rings. The van der Waals surface area contributed by atoms with Gasteiger partial charge >= 0.3 is 6.03 Å². The number of benzene rings is 1. The minimum absolute atomic E-state index is 0.0989. The summed E-state index contributed by atoms with van der Waals surface area (Å²) >= 11 is 0. The molecular formula is C21H27N3O2. The van der Waals surface area contributed by atoms with E-state index in [9.17, 15) is 4.79 Å². The predicted octanol–water partition coefficient (Wildman–Crippen LogP) is 4.30. The smallest absolute Gasteiger partial charge is 0.319 e. The Morgan fingerprint density at radius 2 is 2.00 bits per heavy atom. The van der Waals surface area contributed by atoms with E-state index in [1.165, 1.54) is 19.3 Å². The summed E-state index contributed by atoms with van der Waals surface area (Å²) in [5.74, 6) is 1.03. The van der Waals surface area contributed by atoms with Crippen LogP contribution >= 0.6 is 0 Å². The number of aryl methyl sites for hydroxylation is 1. The van der Waals surface area contributed by atoms with Gasteiger partial charge in [-0.3, -0.25) is 4.90 Å². The molecule has 2 aliphatic rings. The van der Waals surface area contributed by atoms with Gasteiger partial charge in [-0.2, -0.15) is 0 Å². The Labute approximate surface area is 154 Å². The third kappa shape index (κ3) is 3.93. The molecule has 2 N–H and O–H groups in total. The van der Waals surface area contributed by atoms with E-state index in [2.05, 4.69) is 21.6 Å². The van der Waals surface area contributed by atoms with Crippen LogP contribution in [0.2, 0.25) is 0 Å². The molecule has 3 heterocycles. The predicted molar refractivity (Wildman–Crippen MR) is 102 cm³/mol. The fourth-order valence-corrected chi connectivity index (χ4v) is 4.51. The van der Waals surface area contributed by atoms with Gasteiger partial charge < -0.3 is 15.1 Å². The van der Waals surface area contributed by atoms with Gasteiger partial charge in [-0.15, -0.1) is 0 Å². The van der Waals surface area contributed by atoms with Crippen LogP contribution in [0.5, 0.6) is 0 Å². The minimum atomic E-state index is -0.0989. The first-order valence-corrected chi connectivity index (χ1v) is 9.60. The number of carbonyl (C=O) groups is 1. The lowest BCUT2D eigenvalue weighted by molar-refractivity contribution is 0.0150. The molecule has 5 heteroatoms. The minimum Gasteiger partial charge on any atom is -0.468 e. The van der Waals surface area contributed by atoms with E-state index in [1.54, 1.807) is 6.26 Å². The van der Waals surface area contributed by atoms with Gasteiger partial charge in [0.25, 0.3) is 0 Å². The van der Waals surface area contributed by atoms with Crippen molar-refractivity contribution in [3.63, 3.8) is 0 Å². The number of urea groups is 1. The Morgan fingerprint density at radius 1 is 1.19 bits per heavy atom. The summed E-state index contributed by atoms with van der Waals surface area (Å²) < 4.78 is 5.55. The molecule has 26 heavy (non-hydrogen) atoms. The maximum atomic E-state index is 12.4. The SMILES string of the molecule is Cc1cccc(NC(=O)NC2C[C@H]3CCC[C@@H](C2)N3Cc2ccco2)c1. The molecule has 138 valence electrons. The topological polar surface area (TPSA) is 57.5 Å².